The molecular formula is C14H27NO2. The Morgan fingerprint density at radius 1 is 1.35 bits per heavy atom. The van der Waals surface area contributed by atoms with Gasteiger partial charge in [0, 0.05) is 32.1 Å². The van der Waals surface area contributed by atoms with Crippen LogP contribution < -0.4 is 5.73 Å². The van der Waals surface area contributed by atoms with Gasteiger partial charge in [0.1, 0.15) is 5.78 Å². The van der Waals surface area contributed by atoms with E-state index in [9.17, 15) is 4.79 Å². The van der Waals surface area contributed by atoms with E-state index in [1.54, 1.807) is 0 Å². The van der Waals surface area contributed by atoms with Crippen molar-refractivity contribution in [2.24, 2.45) is 17.1 Å². The fourth-order valence-electron chi connectivity index (χ4n) is 2.51. The maximum atomic E-state index is 11.9. The van der Waals surface area contributed by atoms with Gasteiger partial charge in [0.15, 0.2) is 0 Å². The molecule has 0 aromatic carbocycles. The van der Waals surface area contributed by atoms with E-state index in [1.807, 2.05) is 0 Å². The fraction of sp³-hybridized carbons (Fsp3) is 0.929. The standard InChI is InChI=1S/C14H27NO2/c1-14(2,3)10-12(15)9-13(16)8-11-4-6-17-7-5-11/h11-12H,4-10,15H2,1-3H3. The molecule has 1 aliphatic rings. The molecule has 1 rings (SSSR count). The number of hydrogen-bond donors (Lipinski definition) is 1. The van der Waals surface area contributed by atoms with Crippen LogP contribution in [0.3, 0.4) is 0 Å². The molecule has 1 fully saturated rings. The van der Waals surface area contributed by atoms with Gasteiger partial charge in [-0.25, -0.2) is 0 Å². The summed E-state index contributed by atoms with van der Waals surface area (Å²) in [5, 5.41) is 0. The number of nitrogens with two attached hydrogens (primary N) is 1. The Labute approximate surface area is 105 Å². The third-order valence-electron chi connectivity index (χ3n) is 3.22. The maximum absolute atomic E-state index is 11.9. The van der Waals surface area contributed by atoms with Crippen LogP contribution in [-0.2, 0) is 9.53 Å². The summed E-state index contributed by atoms with van der Waals surface area (Å²) in [7, 11) is 0. The zero-order chi connectivity index (χ0) is 12.9. The summed E-state index contributed by atoms with van der Waals surface area (Å²) < 4.78 is 5.29. The van der Waals surface area contributed by atoms with Crippen molar-refractivity contribution in [2.45, 2.75) is 58.9 Å². The van der Waals surface area contributed by atoms with Gasteiger partial charge in [-0.15, -0.1) is 0 Å². The second-order valence-corrected chi connectivity index (χ2v) is 6.53. The summed E-state index contributed by atoms with van der Waals surface area (Å²) in [5.41, 5.74) is 6.23. The van der Waals surface area contributed by atoms with Crippen molar-refractivity contribution < 1.29 is 9.53 Å². The Bertz CT molecular complexity index is 239. The highest BCUT2D eigenvalue weighted by atomic mass is 16.5. The topological polar surface area (TPSA) is 52.3 Å². The monoisotopic (exact) mass is 241 g/mol. The lowest BCUT2D eigenvalue weighted by Crippen LogP contribution is -2.30. The van der Waals surface area contributed by atoms with E-state index in [-0.39, 0.29) is 11.5 Å². The molecule has 2 N–H and O–H groups in total. The zero-order valence-electron chi connectivity index (χ0n) is 11.5. The third-order valence-corrected chi connectivity index (χ3v) is 3.22. The number of hydrogen-bond acceptors (Lipinski definition) is 3. The molecule has 17 heavy (non-hydrogen) atoms. The van der Waals surface area contributed by atoms with Crippen molar-refractivity contribution in [3.05, 3.63) is 0 Å². The number of Topliss-reactive ketones (excluding diaryl/α,β-unsaturated/α-hetero) is 1. The molecule has 0 saturated carbocycles. The Kier molecular flexibility index (Phi) is 5.60. The van der Waals surface area contributed by atoms with Gasteiger partial charge in [-0.3, -0.25) is 4.79 Å². The van der Waals surface area contributed by atoms with Gasteiger partial charge in [0.25, 0.3) is 0 Å². The minimum atomic E-state index is 0.0161. The molecule has 0 aliphatic carbocycles. The highest BCUT2D eigenvalue weighted by Gasteiger charge is 2.21. The van der Waals surface area contributed by atoms with Gasteiger partial charge >= 0.3 is 0 Å². The summed E-state index contributed by atoms with van der Waals surface area (Å²) in [5.74, 6) is 0.853. The van der Waals surface area contributed by atoms with E-state index in [2.05, 4.69) is 20.8 Å². The zero-order valence-corrected chi connectivity index (χ0v) is 11.5. The molecule has 0 amide bonds. The number of carbonyl (C=O) groups excluding carboxylic acids is 1. The van der Waals surface area contributed by atoms with Crippen LogP contribution in [0.2, 0.25) is 0 Å². The Hall–Kier alpha value is -0.410. The molecule has 0 spiro atoms. The third kappa shape index (κ3) is 6.79. The van der Waals surface area contributed by atoms with Crippen LogP contribution in [0.1, 0.15) is 52.9 Å². The van der Waals surface area contributed by atoms with Gasteiger partial charge in [-0.05, 0) is 30.6 Å². The molecule has 0 radical (unpaired) electrons. The number of rotatable bonds is 5. The Morgan fingerprint density at radius 2 is 1.94 bits per heavy atom. The molecule has 1 unspecified atom stereocenters. The molecule has 100 valence electrons. The summed E-state index contributed by atoms with van der Waals surface area (Å²) in [6, 6.07) is 0.0161. The van der Waals surface area contributed by atoms with Crippen LogP contribution in [0, 0.1) is 11.3 Å². The Morgan fingerprint density at radius 3 is 2.47 bits per heavy atom. The van der Waals surface area contributed by atoms with Crippen molar-refractivity contribution in [1.29, 1.82) is 0 Å². The summed E-state index contributed by atoms with van der Waals surface area (Å²) in [4.78, 5) is 11.9. The number of ether oxygens (including phenoxy) is 1. The molecule has 3 heteroatoms. The first kappa shape index (κ1) is 14.7. The average Bonchev–Trinajstić information content (AvgIpc) is 2.15. The molecule has 3 nitrogen and oxygen atoms in total. The quantitative estimate of drug-likeness (QED) is 0.804. The van der Waals surface area contributed by atoms with Crippen LogP contribution in [-0.4, -0.2) is 25.0 Å². The Balaban J connectivity index is 2.23. The van der Waals surface area contributed by atoms with Crippen LogP contribution >= 0.6 is 0 Å². The predicted octanol–water partition coefficient (Wildman–Crippen LogP) is 2.53. The first-order valence-electron chi connectivity index (χ1n) is 6.72. The van der Waals surface area contributed by atoms with E-state index in [0.717, 1.165) is 32.5 Å². The van der Waals surface area contributed by atoms with Gasteiger partial charge in [0.2, 0.25) is 0 Å². The van der Waals surface area contributed by atoms with E-state index < -0.39 is 0 Å². The molecule has 1 saturated heterocycles. The molecule has 1 atom stereocenters. The van der Waals surface area contributed by atoms with E-state index in [0.29, 0.717) is 24.5 Å². The van der Waals surface area contributed by atoms with Gasteiger partial charge in [-0.1, -0.05) is 20.8 Å². The van der Waals surface area contributed by atoms with Crippen molar-refractivity contribution in [3.8, 4) is 0 Å². The van der Waals surface area contributed by atoms with Gasteiger partial charge in [-0.2, -0.15) is 0 Å². The average molecular weight is 241 g/mol. The van der Waals surface area contributed by atoms with Crippen LogP contribution in [0.5, 0.6) is 0 Å². The van der Waals surface area contributed by atoms with Gasteiger partial charge < -0.3 is 10.5 Å². The van der Waals surface area contributed by atoms with E-state index in [4.69, 9.17) is 10.5 Å². The first-order chi connectivity index (χ1) is 7.87. The predicted molar refractivity (Wildman–Crippen MR) is 69.8 cm³/mol. The number of carbonyl (C=O) groups is 1. The van der Waals surface area contributed by atoms with Crippen LogP contribution in [0.4, 0.5) is 0 Å². The maximum Gasteiger partial charge on any atom is 0.134 e. The van der Waals surface area contributed by atoms with Crippen LogP contribution in [0.15, 0.2) is 0 Å². The molecule has 0 bridgehead atoms. The molecule has 1 aliphatic heterocycles. The second kappa shape index (κ2) is 6.50. The van der Waals surface area contributed by atoms with Crippen molar-refractivity contribution in [3.63, 3.8) is 0 Å². The highest BCUT2D eigenvalue weighted by molar-refractivity contribution is 5.79. The first-order valence-corrected chi connectivity index (χ1v) is 6.72. The normalized spacial score (nSPS) is 20.2. The summed E-state index contributed by atoms with van der Waals surface area (Å²) in [6.45, 7) is 8.11. The van der Waals surface area contributed by atoms with Gasteiger partial charge in [0.05, 0.1) is 0 Å². The van der Waals surface area contributed by atoms with Crippen molar-refractivity contribution >= 4 is 5.78 Å². The molecule has 1 heterocycles. The smallest absolute Gasteiger partial charge is 0.134 e. The highest BCUT2D eigenvalue weighted by Crippen LogP contribution is 2.23. The second-order valence-electron chi connectivity index (χ2n) is 6.53. The van der Waals surface area contributed by atoms with Crippen molar-refractivity contribution in [1.82, 2.24) is 0 Å². The van der Waals surface area contributed by atoms with Crippen molar-refractivity contribution in [2.75, 3.05) is 13.2 Å². The molecule has 0 aromatic rings. The lowest BCUT2D eigenvalue weighted by Gasteiger charge is -2.24. The summed E-state index contributed by atoms with van der Waals surface area (Å²) >= 11 is 0. The summed E-state index contributed by atoms with van der Waals surface area (Å²) in [6.07, 6.45) is 4.20. The van der Waals surface area contributed by atoms with E-state index in [1.165, 1.54) is 0 Å². The van der Waals surface area contributed by atoms with Crippen LogP contribution in [0.25, 0.3) is 0 Å². The SMILES string of the molecule is CC(C)(C)CC(N)CC(=O)CC1CCOCC1. The minimum Gasteiger partial charge on any atom is -0.381 e. The largest absolute Gasteiger partial charge is 0.381 e. The molecular weight excluding hydrogens is 214 g/mol. The van der Waals surface area contributed by atoms with E-state index >= 15 is 0 Å². The minimum absolute atomic E-state index is 0.0161. The fourth-order valence-corrected chi connectivity index (χ4v) is 2.51. The molecule has 0 aromatic heterocycles. The lowest BCUT2D eigenvalue weighted by molar-refractivity contribution is -0.121. The number of ketones is 1. The lowest BCUT2D eigenvalue weighted by atomic mass is 9.85.